The molecular weight excluding hydrogens is 449 g/mol. The van der Waals surface area contributed by atoms with Crippen LogP contribution in [0.2, 0.25) is 0 Å². The first-order valence-electron chi connectivity index (χ1n) is 11.0. The molecule has 1 aliphatic heterocycles. The molecular formula is C22H25F3N8O. The molecule has 3 heterocycles. The van der Waals surface area contributed by atoms with Crippen LogP contribution in [0.4, 0.5) is 24.7 Å². The van der Waals surface area contributed by atoms with Gasteiger partial charge in [-0.25, -0.2) is 15.0 Å². The Morgan fingerprint density at radius 2 is 2.03 bits per heavy atom. The topological polar surface area (TPSA) is 128 Å². The van der Waals surface area contributed by atoms with Crippen molar-refractivity contribution in [3.63, 3.8) is 0 Å². The number of anilines is 2. The molecule has 0 spiro atoms. The molecule has 1 unspecified atom stereocenters. The van der Waals surface area contributed by atoms with Crippen molar-refractivity contribution < 1.29 is 18.0 Å². The Labute approximate surface area is 193 Å². The summed E-state index contributed by atoms with van der Waals surface area (Å²) in [6.07, 6.45) is 0.564. The van der Waals surface area contributed by atoms with Crippen molar-refractivity contribution in [1.82, 2.24) is 24.8 Å². The van der Waals surface area contributed by atoms with Crippen LogP contribution in [-0.2, 0) is 17.5 Å². The zero-order valence-corrected chi connectivity index (χ0v) is 18.6. The molecule has 9 nitrogen and oxygen atoms in total. The van der Waals surface area contributed by atoms with Crippen molar-refractivity contribution in [1.29, 1.82) is 0 Å². The smallest absolute Gasteiger partial charge is 0.382 e. The Bertz CT molecular complexity index is 1270. The molecule has 1 amide bonds. The van der Waals surface area contributed by atoms with Gasteiger partial charge in [0.2, 0.25) is 5.91 Å². The third-order valence-corrected chi connectivity index (χ3v) is 6.64. The average Bonchev–Trinajstić information content (AvgIpc) is 3.34. The van der Waals surface area contributed by atoms with E-state index in [1.54, 1.807) is 4.57 Å². The maximum atomic E-state index is 13.7. The lowest BCUT2D eigenvalue weighted by Gasteiger charge is -2.28. The van der Waals surface area contributed by atoms with Crippen molar-refractivity contribution in [2.45, 2.75) is 50.5 Å². The van der Waals surface area contributed by atoms with Crippen molar-refractivity contribution in [2.75, 3.05) is 23.7 Å². The van der Waals surface area contributed by atoms with Crippen LogP contribution in [0.5, 0.6) is 0 Å². The van der Waals surface area contributed by atoms with Gasteiger partial charge >= 0.3 is 6.18 Å². The van der Waals surface area contributed by atoms with Crippen LogP contribution in [0, 0.1) is 6.92 Å². The predicted molar refractivity (Wildman–Crippen MR) is 120 cm³/mol. The number of rotatable bonds is 5. The minimum atomic E-state index is -4.51. The number of aromatic nitrogens is 4. The van der Waals surface area contributed by atoms with E-state index in [1.807, 2.05) is 4.90 Å². The molecule has 0 radical (unpaired) electrons. The van der Waals surface area contributed by atoms with Crippen LogP contribution in [0.1, 0.15) is 36.0 Å². The van der Waals surface area contributed by atoms with E-state index in [0.717, 1.165) is 18.9 Å². The summed E-state index contributed by atoms with van der Waals surface area (Å²) in [6, 6.07) is 2.72. The Morgan fingerprint density at radius 1 is 1.26 bits per heavy atom. The first-order valence-corrected chi connectivity index (χ1v) is 11.0. The third-order valence-electron chi connectivity index (χ3n) is 6.64. The monoisotopic (exact) mass is 474 g/mol. The molecule has 1 atom stereocenters. The van der Waals surface area contributed by atoms with Gasteiger partial charge in [-0.05, 0) is 49.4 Å². The molecule has 1 aromatic carbocycles. The second-order valence-corrected chi connectivity index (χ2v) is 9.11. The number of halogens is 3. The molecule has 5 N–H and O–H groups in total. The number of nitrogens with two attached hydrogens (primary N) is 2. The van der Waals surface area contributed by atoms with Crippen LogP contribution >= 0.6 is 0 Å². The van der Waals surface area contributed by atoms with E-state index in [2.05, 4.69) is 20.3 Å². The van der Waals surface area contributed by atoms with E-state index in [1.165, 1.54) is 25.6 Å². The number of nitrogens with zero attached hydrogens (tertiary/aromatic N) is 5. The fourth-order valence-corrected chi connectivity index (χ4v) is 4.51. The van der Waals surface area contributed by atoms with Crippen LogP contribution in [-0.4, -0.2) is 50.1 Å². The first kappa shape index (κ1) is 22.4. The molecule has 2 aliphatic rings. The predicted octanol–water partition coefficient (Wildman–Crippen LogP) is 1.97. The third kappa shape index (κ3) is 3.91. The normalized spacial score (nSPS) is 20.8. The summed E-state index contributed by atoms with van der Waals surface area (Å²) < 4.78 is 42.9. The molecule has 2 fully saturated rings. The number of carbonyl (C=O) groups is 1. The van der Waals surface area contributed by atoms with Crippen LogP contribution in [0.15, 0.2) is 24.8 Å². The number of alkyl halides is 3. The Kier molecular flexibility index (Phi) is 5.15. The van der Waals surface area contributed by atoms with Crippen molar-refractivity contribution in [2.24, 2.45) is 5.73 Å². The molecule has 1 aliphatic carbocycles. The highest BCUT2D eigenvalue weighted by Gasteiger charge is 2.44. The number of benzene rings is 1. The van der Waals surface area contributed by atoms with Gasteiger partial charge in [-0.2, -0.15) is 13.2 Å². The van der Waals surface area contributed by atoms with E-state index in [4.69, 9.17) is 11.5 Å². The lowest BCUT2D eigenvalue weighted by atomic mass is 9.98. The Balaban J connectivity index is 1.53. The number of hydrogen-bond acceptors (Lipinski definition) is 7. The van der Waals surface area contributed by atoms with Crippen LogP contribution < -0.4 is 21.7 Å². The zero-order chi connectivity index (χ0) is 24.3. The molecule has 1 saturated carbocycles. The minimum absolute atomic E-state index is 0.0837. The van der Waals surface area contributed by atoms with Gasteiger partial charge < -0.3 is 26.3 Å². The summed E-state index contributed by atoms with van der Waals surface area (Å²) in [4.78, 5) is 26.9. The summed E-state index contributed by atoms with van der Waals surface area (Å²) in [5, 5.41) is 2.95. The highest BCUT2D eigenvalue weighted by atomic mass is 19.4. The molecule has 3 aromatic rings. The number of imidazole rings is 1. The number of amides is 1. The quantitative estimate of drug-likeness (QED) is 0.516. The highest BCUT2D eigenvalue weighted by Crippen LogP contribution is 2.39. The van der Waals surface area contributed by atoms with Gasteiger partial charge in [-0.15, -0.1) is 0 Å². The number of fused-ring (bicyclic) bond motifs is 1. The van der Waals surface area contributed by atoms with E-state index >= 15 is 0 Å². The van der Waals surface area contributed by atoms with Gasteiger partial charge in [-0.1, -0.05) is 0 Å². The van der Waals surface area contributed by atoms with E-state index in [-0.39, 0.29) is 36.4 Å². The van der Waals surface area contributed by atoms with Gasteiger partial charge in [0, 0.05) is 24.8 Å². The highest BCUT2D eigenvalue weighted by molar-refractivity contribution is 5.88. The molecule has 1 saturated heterocycles. The summed E-state index contributed by atoms with van der Waals surface area (Å²) in [7, 11) is 0. The lowest BCUT2D eigenvalue weighted by molar-refractivity contribution is -0.138. The molecule has 5 rings (SSSR count). The first-order chi connectivity index (χ1) is 16.1. The Morgan fingerprint density at radius 3 is 2.74 bits per heavy atom. The maximum absolute atomic E-state index is 13.7. The van der Waals surface area contributed by atoms with Crippen molar-refractivity contribution in [3.05, 3.63) is 41.5 Å². The van der Waals surface area contributed by atoms with Crippen molar-refractivity contribution in [3.8, 4) is 0 Å². The van der Waals surface area contributed by atoms with Crippen LogP contribution in [0.25, 0.3) is 11.2 Å². The summed E-state index contributed by atoms with van der Waals surface area (Å²) >= 11 is 0. The standard InChI is InChI=1S/C22H25F3N8O/c1-12-14(8-33-11-30-17-18(26)28-10-29-19(17)33)16(5-4-15(12)22(23,24)25)32-7-6-21(27,9-32)20(34)31-13-2-3-13/h4-5,10-11,13H,2-3,6-9,27H2,1H3,(H,31,34)(H2,26,28,29). The van der Waals surface area contributed by atoms with E-state index in [9.17, 15) is 18.0 Å². The van der Waals surface area contributed by atoms with Gasteiger partial charge in [0.05, 0.1) is 18.4 Å². The minimum Gasteiger partial charge on any atom is -0.382 e. The van der Waals surface area contributed by atoms with Gasteiger partial charge in [0.1, 0.15) is 17.4 Å². The SMILES string of the molecule is Cc1c(C(F)(F)F)ccc(N2CCC(N)(C(=O)NC3CC3)C2)c1Cn1cnc2c(N)ncnc21. The van der Waals surface area contributed by atoms with Gasteiger partial charge in [0.15, 0.2) is 11.5 Å². The summed E-state index contributed by atoms with van der Waals surface area (Å²) in [5.74, 6) is -0.0191. The van der Waals surface area contributed by atoms with E-state index in [0.29, 0.717) is 35.4 Å². The summed E-state index contributed by atoms with van der Waals surface area (Å²) in [6.45, 7) is 2.20. The molecule has 2 aromatic heterocycles. The van der Waals surface area contributed by atoms with Crippen LogP contribution in [0.3, 0.4) is 0 Å². The van der Waals surface area contributed by atoms with E-state index < -0.39 is 17.3 Å². The number of nitrogens with one attached hydrogen (secondary N) is 1. The lowest BCUT2D eigenvalue weighted by Crippen LogP contribution is -2.56. The molecule has 0 bridgehead atoms. The van der Waals surface area contributed by atoms with Crippen molar-refractivity contribution >= 4 is 28.6 Å². The second-order valence-electron chi connectivity index (χ2n) is 9.11. The number of hydrogen-bond donors (Lipinski definition) is 3. The summed E-state index contributed by atoms with van der Waals surface area (Å²) in [5.41, 5.74) is 12.5. The maximum Gasteiger partial charge on any atom is 0.416 e. The fraction of sp³-hybridized carbons (Fsp3) is 0.455. The molecule has 12 heteroatoms. The molecule has 34 heavy (non-hydrogen) atoms. The van der Waals surface area contributed by atoms with Gasteiger partial charge in [0.25, 0.3) is 0 Å². The molecule has 180 valence electrons. The average molecular weight is 474 g/mol. The number of nitrogen functional groups attached to an aromatic ring is 1. The Hall–Kier alpha value is -3.41. The number of carbonyl (C=O) groups excluding carboxylic acids is 1. The second kappa shape index (κ2) is 7.83. The fourth-order valence-electron chi connectivity index (χ4n) is 4.51. The zero-order valence-electron chi connectivity index (χ0n) is 18.6. The largest absolute Gasteiger partial charge is 0.416 e. The van der Waals surface area contributed by atoms with Gasteiger partial charge in [-0.3, -0.25) is 4.79 Å².